The smallest absolute Gasteiger partial charge is 0.119 e. The van der Waals surface area contributed by atoms with Crippen LogP contribution in [0.4, 0.5) is 0 Å². The van der Waals surface area contributed by atoms with E-state index in [9.17, 15) is 0 Å². The van der Waals surface area contributed by atoms with E-state index in [0.717, 1.165) is 24.3 Å². The van der Waals surface area contributed by atoms with Crippen LogP contribution in [-0.2, 0) is 5.54 Å². The third-order valence-corrected chi connectivity index (χ3v) is 2.75. The Morgan fingerprint density at radius 3 is 2.71 bits per heavy atom. The van der Waals surface area contributed by atoms with Crippen LogP contribution in [0.3, 0.4) is 0 Å². The number of hydrogen-bond donors (Lipinski definition) is 1. The van der Waals surface area contributed by atoms with E-state index in [1.54, 1.807) is 7.11 Å². The highest BCUT2D eigenvalue weighted by molar-refractivity contribution is 5.34. The molecule has 0 aliphatic rings. The summed E-state index contributed by atoms with van der Waals surface area (Å²) in [5.41, 5.74) is 7.14. The van der Waals surface area contributed by atoms with Crippen LogP contribution in [0.5, 0.6) is 5.75 Å². The standard InChI is InChI=1S/C14H22N2O/c1-5-9-14(15,11-16(2)3)12-7-6-8-13(10-12)17-4/h5-8,10H,1,9,11,15H2,2-4H3. The molecule has 0 bridgehead atoms. The summed E-state index contributed by atoms with van der Waals surface area (Å²) < 4.78 is 5.24. The number of nitrogens with zero attached hydrogens (tertiary/aromatic N) is 1. The summed E-state index contributed by atoms with van der Waals surface area (Å²) in [4.78, 5) is 2.09. The van der Waals surface area contributed by atoms with Gasteiger partial charge in [-0.3, -0.25) is 0 Å². The van der Waals surface area contributed by atoms with E-state index < -0.39 is 5.54 Å². The molecule has 3 nitrogen and oxygen atoms in total. The third kappa shape index (κ3) is 3.58. The highest BCUT2D eigenvalue weighted by Crippen LogP contribution is 2.26. The number of nitrogens with two attached hydrogens (primary N) is 1. The van der Waals surface area contributed by atoms with Gasteiger partial charge < -0.3 is 15.4 Å². The van der Waals surface area contributed by atoms with Gasteiger partial charge in [0.15, 0.2) is 0 Å². The maximum atomic E-state index is 6.49. The Morgan fingerprint density at radius 1 is 1.47 bits per heavy atom. The van der Waals surface area contributed by atoms with E-state index in [-0.39, 0.29) is 0 Å². The van der Waals surface area contributed by atoms with Gasteiger partial charge in [-0.2, -0.15) is 0 Å². The topological polar surface area (TPSA) is 38.5 Å². The minimum atomic E-state index is -0.417. The zero-order valence-corrected chi connectivity index (χ0v) is 10.9. The second-order valence-electron chi connectivity index (χ2n) is 4.62. The molecule has 1 unspecified atom stereocenters. The summed E-state index contributed by atoms with van der Waals surface area (Å²) >= 11 is 0. The van der Waals surface area contributed by atoms with Crippen LogP contribution < -0.4 is 10.5 Å². The number of ether oxygens (including phenoxy) is 1. The molecule has 0 fully saturated rings. The maximum absolute atomic E-state index is 6.49. The Bertz CT molecular complexity index is 376. The van der Waals surface area contributed by atoms with Crippen LogP contribution in [0.25, 0.3) is 0 Å². The molecular formula is C14H22N2O. The zero-order valence-electron chi connectivity index (χ0n) is 10.9. The van der Waals surface area contributed by atoms with Crippen LogP contribution in [0.2, 0.25) is 0 Å². The van der Waals surface area contributed by atoms with Crippen LogP contribution in [0.15, 0.2) is 36.9 Å². The summed E-state index contributed by atoms with van der Waals surface area (Å²) in [6.07, 6.45) is 2.60. The predicted molar refractivity (Wildman–Crippen MR) is 72.2 cm³/mol. The lowest BCUT2D eigenvalue weighted by Gasteiger charge is -2.32. The predicted octanol–water partition coefficient (Wildman–Crippen LogP) is 1.99. The molecule has 3 heteroatoms. The van der Waals surface area contributed by atoms with Crippen molar-refractivity contribution < 1.29 is 4.74 Å². The van der Waals surface area contributed by atoms with Crippen molar-refractivity contribution in [2.75, 3.05) is 27.7 Å². The minimum Gasteiger partial charge on any atom is -0.497 e. The summed E-state index contributed by atoms with van der Waals surface area (Å²) in [7, 11) is 5.70. The van der Waals surface area contributed by atoms with E-state index in [4.69, 9.17) is 10.5 Å². The number of methoxy groups -OCH3 is 1. The highest BCUT2D eigenvalue weighted by atomic mass is 16.5. The third-order valence-electron chi connectivity index (χ3n) is 2.75. The molecule has 0 saturated heterocycles. The number of benzene rings is 1. The summed E-state index contributed by atoms with van der Waals surface area (Å²) in [5.74, 6) is 0.833. The van der Waals surface area contributed by atoms with Gasteiger partial charge in [-0.05, 0) is 38.2 Å². The molecule has 0 radical (unpaired) electrons. The first-order valence-corrected chi connectivity index (χ1v) is 5.71. The lowest BCUT2D eigenvalue weighted by molar-refractivity contribution is 0.286. The van der Waals surface area contributed by atoms with Crippen molar-refractivity contribution in [3.8, 4) is 5.75 Å². The van der Waals surface area contributed by atoms with Crippen molar-refractivity contribution in [1.82, 2.24) is 4.90 Å². The van der Waals surface area contributed by atoms with Gasteiger partial charge in [0.2, 0.25) is 0 Å². The Kier molecular flexibility index (Phi) is 4.73. The van der Waals surface area contributed by atoms with Crippen molar-refractivity contribution in [3.05, 3.63) is 42.5 Å². The molecule has 94 valence electrons. The Balaban J connectivity index is 3.07. The lowest BCUT2D eigenvalue weighted by Crippen LogP contribution is -2.45. The Hall–Kier alpha value is -1.32. The molecule has 0 amide bonds. The minimum absolute atomic E-state index is 0.417. The second-order valence-corrected chi connectivity index (χ2v) is 4.62. The van der Waals surface area contributed by atoms with E-state index in [1.165, 1.54) is 0 Å². The molecule has 0 aromatic heterocycles. The van der Waals surface area contributed by atoms with Gasteiger partial charge in [-0.1, -0.05) is 18.2 Å². The van der Waals surface area contributed by atoms with Crippen molar-refractivity contribution in [2.45, 2.75) is 12.0 Å². The molecule has 0 aliphatic heterocycles. The lowest BCUT2D eigenvalue weighted by atomic mass is 9.87. The number of likely N-dealkylation sites (N-methyl/N-ethyl adjacent to an activating group) is 1. The first-order valence-electron chi connectivity index (χ1n) is 5.71. The van der Waals surface area contributed by atoms with Crippen LogP contribution in [-0.4, -0.2) is 32.6 Å². The van der Waals surface area contributed by atoms with Gasteiger partial charge in [0, 0.05) is 6.54 Å². The van der Waals surface area contributed by atoms with E-state index >= 15 is 0 Å². The van der Waals surface area contributed by atoms with Crippen molar-refractivity contribution >= 4 is 0 Å². The van der Waals surface area contributed by atoms with Crippen LogP contribution in [0, 0.1) is 0 Å². The Morgan fingerprint density at radius 2 is 2.18 bits per heavy atom. The molecule has 17 heavy (non-hydrogen) atoms. The van der Waals surface area contributed by atoms with Gasteiger partial charge >= 0.3 is 0 Å². The maximum Gasteiger partial charge on any atom is 0.119 e. The molecule has 2 N–H and O–H groups in total. The number of hydrogen-bond acceptors (Lipinski definition) is 3. The first-order chi connectivity index (χ1) is 8.01. The quantitative estimate of drug-likeness (QED) is 0.765. The van der Waals surface area contributed by atoms with Gasteiger partial charge in [-0.25, -0.2) is 0 Å². The average Bonchev–Trinajstić information content (AvgIpc) is 2.28. The molecule has 1 aromatic rings. The van der Waals surface area contributed by atoms with Gasteiger partial charge in [-0.15, -0.1) is 6.58 Å². The molecule has 1 rings (SSSR count). The van der Waals surface area contributed by atoms with Gasteiger partial charge in [0.25, 0.3) is 0 Å². The SMILES string of the molecule is C=CCC(N)(CN(C)C)c1cccc(OC)c1. The summed E-state index contributed by atoms with van der Waals surface area (Å²) in [5, 5.41) is 0. The van der Waals surface area contributed by atoms with E-state index in [1.807, 2.05) is 44.4 Å². The fourth-order valence-electron chi connectivity index (χ4n) is 2.03. The normalized spacial score (nSPS) is 14.4. The van der Waals surface area contributed by atoms with Gasteiger partial charge in [0.1, 0.15) is 5.75 Å². The van der Waals surface area contributed by atoms with Crippen molar-refractivity contribution in [3.63, 3.8) is 0 Å². The van der Waals surface area contributed by atoms with Crippen molar-refractivity contribution in [2.24, 2.45) is 5.73 Å². The van der Waals surface area contributed by atoms with Crippen LogP contribution >= 0.6 is 0 Å². The summed E-state index contributed by atoms with van der Waals surface area (Å²) in [6.45, 7) is 4.56. The molecule has 0 spiro atoms. The van der Waals surface area contributed by atoms with E-state index in [2.05, 4.69) is 11.5 Å². The van der Waals surface area contributed by atoms with Gasteiger partial charge in [0.05, 0.1) is 12.6 Å². The monoisotopic (exact) mass is 234 g/mol. The molecule has 1 aromatic carbocycles. The average molecular weight is 234 g/mol. The summed E-state index contributed by atoms with van der Waals surface area (Å²) in [6, 6.07) is 7.92. The van der Waals surface area contributed by atoms with E-state index in [0.29, 0.717) is 0 Å². The first kappa shape index (κ1) is 13.7. The molecule has 0 heterocycles. The molecule has 0 aliphatic carbocycles. The zero-order chi connectivity index (χ0) is 12.9. The molecule has 1 atom stereocenters. The molecular weight excluding hydrogens is 212 g/mol. The second kappa shape index (κ2) is 5.84. The highest BCUT2D eigenvalue weighted by Gasteiger charge is 2.26. The largest absolute Gasteiger partial charge is 0.497 e. The van der Waals surface area contributed by atoms with Crippen LogP contribution in [0.1, 0.15) is 12.0 Å². The fourth-order valence-corrected chi connectivity index (χ4v) is 2.03. The molecule has 0 saturated carbocycles. The number of rotatable bonds is 6. The van der Waals surface area contributed by atoms with Crippen molar-refractivity contribution in [1.29, 1.82) is 0 Å². The fraction of sp³-hybridized carbons (Fsp3) is 0.429. The Labute approximate surface area is 104 Å².